The first-order chi connectivity index (χ1) is 1.00. The van der Waals surface area contributed by atoms with Crippen LogP contribution in [0.25, 0.3) is 0 Å². The minimum Gasteiger partial charge on any atom is 2.00 e. The smallest absolute Gasteiger partial charge is 2.00 e. The Morgan fingerprint density at radius 2 is 1.20 bits per heavy atom. The molecule has 0 amide bonds. The molecule has 0 aliphatic heterocycles. The maximum Gasteiger partial charge on any atom is 2.00 e. The number of hydrogen-bond donors (Lipinski definition) is 0. The van der Waals surface area contributed by atoms with Crippen molar-refractivity contribution in [1.82, 2.24) is 0 Å². The standard InChI is InChI=1S/Al.Cu.2O.Zn/q+3;;;-2;+2. The Morgan fingerprint density at radius 1 is 1.20 bits per heavy atom. The van der Waals surface area contributed by atoms with Crippen molar-refractivity contribution in [3.8, 4) is 0 Å². The first-order valence-corrected chi connectivity index (χ1v) is 0.508. The summed E-state index contributed by atoms with van der Waals surface area (Å²) in [6.07, 6.45) is 0. The van der Waals surface area contributed by atoms with Crippen LogP contribution in [-0.4, -0.2) is 17.4 Å². The van der Waals surface area contributed by atoms with Crippen LogP contribution in [0, 0.1) is 0 Å². The molecule has 2 nitrogen and oxygen atoms in total. The van der Waals surface area contributed by atoms with Crippen LogP contribution >= 0.6 is 0 Å². The normalized spacial score (nSPS) is 1.20. The van der Waals surface area contributed by atoms with Crippen molar-refractivity contribution < 1.29 is 44.7 Å². The van der Waals surface area contributed by atoms with E-state index in [-0.39, 0.29) is 42.3 Å². The second-order valence-electron chi connectivity index (χ2n) is 0. The molecule has 5 heteroatoms. The first kappa shape index (κ1) is 32.1. The average molecular weight is 188 g/mol. The van der Waals surface area contributed by atoms with Gasteiger partial charge in [-0.05, 0) is 0 Å². The van der Waals surface area contributed by atoms with Crippen molar-refractivity contribution in [2.45, 2.75) is 0 Å². The van der Waals surface area contributed by atoms with Crippen molar-refractivity contribution >= 4 is 17.4 Å². The fourth-order valence-corrected chi connectivity index (χ4v) is 0. The van der Waals surface area contributed by atoms with E-state index in [1.54, 1.807) is 0 Å². The van der Waals surface area contributed by atoms with Crippen LogP contribution in [0.4, 0.5) is 0 Å². The monoisotopic (exact) mass is 186 g/mol. The van der Waals surface area contributed by atoms with Gasteiger partial charge in [0, 0.05) is 0 Å². The summed E-state index contributed by atoms with van der Waals surface area (Å²) in [7, 11) is 0. The molecule has 0 fully saturated rings. The van der Waals surface area contributed by atoms with Gasteiger partial charge in [0.1, 0.15) is 0 Å². The van der Waals surface area contributed by atoms with Crippen molar-refractivity contribution in [2.75, 3.05) is 0 Å². The van der Waals surface area contributed by atoms with Gasteiger partial charge in [-0.25, -0.2) is 0 Å². The van der Waals surface area contributed by atoms with Crippen molar-refractivity contribution in [3.63, 3.8) is 0 Å². The van der Waals surface area contributed by atoms with Crippen molar-refractivity contribution in [2.24, 2.45) is 0 Å². The minimum absolute atomic E-state index is 0. The van der Waals surface area contributed by atoms with E-state index in [1.165, 1.54) is 0 Å². The van der Waals surface area contributed by atoms with Gasteiger partial charge >= 0.3 is 56.6 Å². The second-order valence-corrected chi connectivity index (χ2v) is 0. The molecule has 0 aromatic carbocycles. The quantitative estimate of drug-likeness (QED) is 0.467. The molecule has 0 bridgehead atoms. The molecule has 0 atom stereocenters. The summed E-state index contributed by atoms with van der Waals surface area (Å²) in [6.45, 7) is 0. The third kappa shape index (κ3) is 31.1. The maximum atomic E-state index is 7.81. The summed E-state index contributed by atoms with van der Waals surface area (Å²) in [6, 6.07) is 0. The Kier molecular flexibility index (Phi) is 333. The SMILES string of the molecule is [Al+3].[O-2].[O]=[Cu].[Zn+2]. The van der Waals surface area contributed by atoms with Gasteiger partial charge in [-0.3, -0.25) is 0 Å². The number of rotatable bonds is 0. The Labute approximate surface area is 61.9 Å². The summed E-state index contributed by atoms with van der Waals surface area (Å²) in [5, 5.41) is 0. The maximum absolute atomic E-state index is 7.81. The van der Waals surface area contributed by atoms with Crippen LogP contribution in [0.15, 0.2) is 0 Å². The fourth-order valence-electron chi connectivity index (χ4n) is 0. The molecular weight excluding hydrogens is 188 g/mol. The fraction of sp³-hybridized carbons (Fsp3) is 0. The zero-order valence-corrected chi connectivity index (χ0v) is 7.47. The summed E-state index contributed by atoms with van der Waals surface area (Å²) in [5.74, 6) is 0. The predicted octanol–water partition coefficient (Wildman–Crippen LogP) is -0.623. The molecule has 0 rings (SSSR count). The molecule has 0 aromatic heterocycles. The van der Waals surface area contributed by atoms with Crippen molar-refractivity contribution in [3.05, 3.63) is 0 Å². The van der Waals surface area contributed by atoms with Crippen LogP contribution in [-0.2, 0) is 44.7 Å². The van der Waals surface area contributed by atoms with E-state index in [9.17, 15) is 0 Å². The molecule has 0 radical (unpaired) electrons. The largest absolute Gasteiger partial charge is 2.00 e. The summed E-state index contributed by atoms with van der Waals surface area (Å²) >= 11 is 2.94. The second kappa shape index (κ2) is 51.9. The Morgan fingerprint density at radius 3 is 1.20 bits per heavy atom. The Bertz CT molecular complexity index is 9.61. The van der Waals surface area contributed by atoms with Gasteiger partial charge in [0.15, 0.2) is 0 Å². The van der Waals surface area contributed by atoms with E-state index >= 15 is 0 Å². The molecule has 0 unspecified atom stereocenters. The van der Waals surface area contributed by atoms with Crippen LogP contribution < -0.4 is 0 Å². The van der Waals surface area contributed by atoms with Gasteiger partial charge in [0.2, 0.25) is 0 Å². The molecule has 0 aliphatic carbocycles. The predicted molar refractivity (Wildman–Crippen MR) is 7.13 cm³/mol. The van der Waals surface area contributed by atoms with E-state index in [0.717, 1.165) is 0 Å². The van der Waals surface area contributed by atoms with Crippen LogP contribution in [0.3, 0.4) is 0 Å². The third-order valence-corrected chi connectivity index (χ3v) is 0. The molecule has 0 saturated heterocycles. The molecule has 0 spiro atoms. The average Bonchev–Trinajstić information content (AvgIpc) is 1.00. The number of hydrogen-bond acceptors (Lipinski definition) is 1. The van der Waals surface area contributed by atoms with Gasteiger partial charge in [0.25, 0.3) is 0 Å². The van der Waals surface area contributed by atoms with Crippen LogP contribution in [0.5, 0.6) is 0 Å². The molecule has 5 heavy (non-hydrogen) atoms. The molecular formula is AlCuO2Zn+3. The minimum atomic E-state index is 0. The zero-order valence-electron chi connectivity index (χ0n) is 2.40. The molecule has 0 aliphatic rings. The van der Waals surface area contributed by atoms with Gasteiger partial charge in [-0.2, -0.15) is 0 Å². The molecule has 25 valence electrons. The molecule has 0 saturated carbocycles. The van der Waals surface area contributed by atoms with E-state index in [1.807, 2.05) is 0 Å². The van der Waals surface area contributed by atoms with Gasteiger partial charge in [-0.15, -0.1) is 0 Å². The molecule has 0 N–H and O–H groups in total. The zero-order chi connectivity index (χ0) is 2.00. The summed E-state index contributed by atoms with van der Waals surface area (Å²) in [5.41, 5.74) is 0. The summed E-state index contributed by atoms with van der Waals surface area (Å²) < 4.78 is 7.81. The van der Waals surface area contributed by atoms with Crippen molar-refractivity contribution in [1.29, 1.82) is 0 Å². The molecule has 0 heterocycles. The molecule has 0 aromatic rings. The third-order valence-electron chi connectivity index (χ3n) is 0. The van der Waals surface area contributed by atoms with Gasteiger partial charge < -0.3 is 5.48 Å². The van der Waals surface area contributed by atoms with E-state index in [0.29, 0.717) is 0 Å². The van der Waals surface area contributed by atoms with E-state index < -0.39 is 0 Å². The topological polar surface area (TPSA) is 45.6 Å². The van der Waals surface area contributed by atoms with E-state index in [2.05, 4.69) is 15.9 Å². The van der Waals surface area contributed by atoms with Crippen LogP contribution in [0.1, 0.15) is 0 Å². The van der Waals surface area contributed by atoms with Gasteiger partial charge in [-0.1, -0.05) is 0 Å². The first-order valence-electron chi connectivity index (χ1n) is 0.123. The Hall–Kier alpha value is 1.44. The van der Waals surface area contributed by atoms with E-state index in [4.69, 9.17) is 3.83 Å². The van der Waals surface area contributed by atoms with Gasteiger partial charge in [0.05, 0.1) is 0 Å². The van der Waals surface area contributed by atoms with Crippen LogP contribution in [0.2, 0.25) is 0 Å². The summed E-state index contributed by atoms with van der Waals surface area (Å²) in [4.78, 5) is 0. The Balaban J connectivity index is -0.00000000167.